The topological polar surface area (TPSA) is 105 Å². The fraction of sp³-hybridized carbons (Fsp3) is 0.345. The monoisotopic (exact) mass is 499 g/mol. The first kappa shape index (κ1) is 25.8. The molecule has 0 saturated heterocycles. The summed E-state index contributed by atoms with van der Waals surface area (Å²) >= 11 is 0. The number of fused-ring (bicyclic) bond motifs is 1. The summed E-state index contributed by atoms with van der Waals surface area (Å²) in [5, 5.41) is 17.7. The minimum atomic E-state index is -0.151. The van der Waals surface area contributed by atoms with E-state index in [1.807, 2.05) is 61.1 Å². The van der Waals surface area contributed by atoms with Gasteiger partial charge in [0.05, 0.1) is 38.9 Å². The third kappa shape index (κ3) is 5.46. The molecule has 0 aliphatic carbocycles. The Bertz CT molecular complexity index is 1430. The number of nitrogens with one attached hydrogen (secondary N) is 2. The predicted molar refractivity (Wildman–Crippen MR) is 143 cm³/mol. The Morgan fingerprint density at radius 3 is 2.70 bits per heavy atom. The zero-order valence-electron chi connectivity index (χ0n) is 21.8. The quantitative estimate of drug-likeness (QED) is 0.309. The molecule has 1 unspecified atom stereocenters. The lowest BCUT2D eigenvalue weighted by Gasteiger charge is -2.22. The van der Waals surface area contributed by atoms with Crippen molar-refractivity contribution in [3.63, 3.8) is 0 Å². The summed E-state index contributed by atoms with van der Waals surface area (Å²) in [6, 6.07) is 16.1. The number of carbonyl (C=O) groups excluding carboxylic acids is 1. The highest BCUT2D eigenvalue weighted by molar-refractivity contribution is 5.84. The number of rotatable bonds is 11. The van der Waals surface area contributed by atoms with Crippen LogP contribution in [0.1, 0.15) is 46.8 Å². The second kappa shape index (κ2) is 11.7. The van der Waals surface area contributed by atoms with E-state index < -0.39 is 0 Å². The molecule has 0 aliphatic heterocycles. The van der Waals surface area contributed by atoms with Crippen molar-refractivity contribution >= 4 is 16.8 Å². The van der Waals surface area contributed by atoms with Crippen LogP contribution in [0, 0.1) is 25.2 Å². The van der Waals surface area contributed by atoms with Gasteiger partial charge in [0.2, 0.25) is 5.91 Å². The lowest BCUT2D eigenvalue weighted by molar-refractivity contribution is -0.121. The summed E-state index contributed by atoms with van der Waals surface area (Å²) in [7, 11) is 3.25. The van der Waals surface area contributed by atoms with E-state index in [0.29, 0.717) is 43.9 Å². The maximum Gasteiger partial charge on any atom is 0.220 e. The highest BCUT2D eigenvalue weighted by Gasteiger charge is 2.24. The normalized spacial score (nSPS) is 11.8. The molecule has 37 heavy (non-hydrogen) atoms. The Hall–Kier alpha value is -4.25. The van der Waals surface area contributed by atoms with Crippen molar-refractivity contribution in [3.05, 3.63) is 76.7 Å². The summed E-state index contributed by atoms with van der Waals surface area (Å²) in [6.45, 7) is 4.91. The van der Waals surface area contributed by atoms with E-state index in [1.54, 1.807) is 14.2 Å². The van der Waals surface area contributed by atoms with Crippen LogP contribution in [0.25, 0.3) is 10.9 Å². The second-order valence-electron chi connectivity index (χ2n) is 9.01. The molecule has 192 valence electrons. The molecule has 4 aromatic rings. The van der Waals surface area contributed by atoms with Crippen LogP contribution < -0.4 is 14.8 Å². The van der Waals surface area contributed by atoms with Gasteiger partial charge in [0.1, 0.15) is 0 Å². The molecule has 1 atom stereocenters. The third-order valence-corrected chi connectivity index (χ3v) is 6.88. The van der Waals surface area contributed by atoms with E-state index in [0.717, 1.165) is 39.0 Å². The van der Waals surface area contributed by atoms with Crippen LogP contribution in [0.4, 0.5) is 0 Å². The summed E-state index contributed by atoms with van der Waals surface area (Å²) in [5.74, 6) is 1.12. The molecule has 2 aromatic carbocycles. The van der Waals surface area contributed by atoms with E-state index in [2.05, 4.69) is 27.5 Å². The molecule has 0 spiro atoms. The Balaban J connectivity index is 1.55. The number of hydrogen-bond acceptors (Lipinski definition) is 5. The van der Waals surface area contributed by atoms with Crippen molar-refractivity contribution in [2.24, 2.45) is 0 Å². The maximum atomic E-state index is 13.0. The number of aryl methyl sites for hydroxylation is 2. The molecule has 4 rings (SSSR count). The lowest BCUT2D eigenvalue weighted by Crippen LogP contribution is -2.29. The number of hydrogen-bond donors (Lipinski definition) is 2. The molecule has 2 aromatic heterocycles. The summed E-state index contributed by atoms with van der Waals surface area (Å²) in [6.07, 6.45) is 3.35. The first-order valence-corrected chi connectivity index (χ1v) is 12.4. The Morgan fingerprint density at radius 2 is 1.95 bits per heavy atom. The van der Waals surface area contributed by atoms with Crippen LogP contribution in [0.3, 0.4) is 0 Å². The number of methoxy groups -OCH3 is 2. The number of aromatic amines is 1. The van der Waals surface area contributed by atoms with E-state index in [1.165, 1.54) is 0 Å². The minimum Gasteiger partial charge on any atom is -0.493 e. The van der Waals surface area contributed by atoms with E-state index in [4.69, 9.17) is 14.7 Å². The van der Waals surface area contributed by atoms with Gasteiger partial charge < -0.3 is 19.8 Å². The molecule has 0 bridgehead atoms. The SMILES string of the molecule is COc1cccc(C(CNC(=O)CCc2c(C)nn(CCC#N)c2C)c2c[nH]c3ccccc23)c1OC. The summed E-state index contributed by atoms with van der Waals surface area (Å²) < 4.78 is 13.2. The molecular weight excluding hydrogens is 466 g/mol. The molecular formula is C29H33N5O3. The smallest absolute Gasteiger partial charge is 0.220 e. The van der Waals surface area contributed by atoms with Gasteiger partial charge in [-0.05, 0) is 43.5 Å². The third-order valence-electron chi connectivity index (χ3n) is 6.88. The zero-order valence-corrected chi connectivity index (χ0v) is 21.8. The lowest BCUT2D eigenvalue weighted by atomic mass is 9.89. The van der Waals surface area contributed by atoms with Crippen molar-refractivity contribution in [1.82, 2.24) is 20.1 Å². The molecule has 2 N–H and O–H groups in total. The average molecular weight is 500 g/mol. The van der Waals surface area contributed by atoms with Crippen LogP contribution in [0.2, 0.25) is 0 Å². The molecule has 2 heterocycles. The highest BCUT2D eigenvalue weighted by Crippen LogP contribution is 2.40. The van der Waals surface area contributed by atoms with Gasteiger partial charge in [-0.2, -0.15) is 10.4 Å². The van der Waals surface area contributed by atoms with Crippen LogP contribution >= 0.6 is 0 Å². The molecule has 8 heteroatoms. The van der Waals surface area contributed by atoms with Crippen LogP contribution in [0.15, 0.2) is 48.7 Å². The van der Waals surface area contributed by atoms with Crippen molar-refractivity contribution in [3.8, 4) is 17.6 Å². The fourth-order valence-corrected chi connectivity index (χ4v) is 4.97. The predicted octanol–water partition coefficient (Wildman–Crippen LogP) is 4.79. The summed E-state index contributed by atoms with van der Waals surface area (Å²) in [4.78, 5) is 16.4. The Labute approximate surface area is 217 Å². The van der Waals surface area contributed by atoms with Gasteiger partial charge in [0, 0.05) is 47.2 Å². The largest absolute Gasteiger partial charge is 0.493 e. The number of nitriles is 1. The number of amides is 1. The van der Waals surface area contributed by atoms with Crippen LogP contribution in [-0.4, -0.2) is 41.4 Å². The van der Waals surface area contributed by atoms with Gasteiger partial charge in [-0.15, -0.1) is 0 Å². The molecule has 0 saturated carbocycles. The Kier molecular flexibility index (Phi) is 8.14. The van der Waals surface area contributed by atoms with Crippen LogP contribution in [0.5, 0.6) is 11.5 Å². The number of nitrogens with zero attached hydrogens (tertiary/aromatic N) is 3. The molecule has 8 nitrogen and oxygen atoms in total. The van der Waals surface area contributed by atoms with E-state index in [9.17, 15) is 4.79 Å². The molecule has 0 radical (unpaired) electrons. The van der Waals surface area contributed by atoms with E-state index in [-0.39, 0.29) is 11.8 Å². The first-order valence-electron chi connectivity index (χ1n) is 12.4. The number of benzene rings is 2. The highest BCUT2D eigenvalue weighted by atomic mass is 16.5. The van der Waals surface area contributed by atoms with Crippen molar-refractivity contribution in [2.45, 2.75) is 45.6 Å². The van der Waals surface area contributed by atoms with Crippen LogP contribution in [-0.2, 0) is 17.8 Å². The maximum absolute atomic E-state index is 13.0. The van der Waals surface area contributed by atoms with Crippen molar-refractivity contribution < 1.29 is 14.3 Å². The minimum absolute atomic E-state index is 0.0321. The standard InChI is InChI=1S/C29H33N5O3/c1-19-21(20(2)34(33-19)16-8-15-30)13-14-28(35)32-18-25(23-10-7-12-27(36-3)29(23)37-4)24-17-31-26-11-6-5-9-22(24)26/h5-7,9-12,17,25,31H,8,13-14,16,18H2,1-4H3,(H,32,35). The average Bonchev–Trinajstić information content (AvgIpc) is 3.46. The first-order chi connectivity index (χ1) is 18.0. The second-order valence-corrected chi connectivity index (χ2v) is 9.01. The zero-order chi connectivity index (χ0) is 26.4. The van der Waals surface area contributed by atoms with Gasteiger partial charge in [-0.25, -0.2) is 0 Å². The molecule has 0 aliphatic rings. The Morgan fingerprint density at radius 1 is 1.14 bits per heavy atom. The van der Waals surface area contributed by atoms with Crippen molar-refractivity contribution in [1.29, 1.82) is 5.26 Å². The number of para-hydroxylation sites is 2. The fourth-order valence-electron chi connectivity index (χ4n) is 4.97. The summed E-state index contributed by atoms with van der Waals surface area (Å²) in [5.41, 5.74) is 6.04. The van der Waals surface area contributed by atoms with Gasteiger partial charge in [0.25, 0.3) is 0 Å². The number of ether oxygens (including phenoxy) is 2. The molecule has 0 fully saturated rings. The van der Waals surface area contributed by atoms with E-state index >= 15 is 0 Å². The van der Waals surface area contributed by atoms with Gasteiger partial charge in [-0.3, -0.25) is 9.48 Å². The van der Waals surface area contributed by atoms with Crippen molar-refractivity contribution in [2.75, 3.05) is 20.8 Å². The number of aromatic nitrogens is 3. The number of H-pyrrole nitrogens is 1. The van der Waals surface area contributed by atoms with Gasteiger partial charge in [-0.1, -0.05) is 30.3 Å². The van der Waals surface area contributed by atoms with Gasteiger partial charge >= 0.3 is 0 Å². The molecule has 1 amide bonds. The van der Waals surface area contributed by atoms with Gasteiger partial charge in [0.15, 0.2) is 11.5 Å². The number of carbonyl (C=O) groups is 1.